The highest BCUT2D eigenvalue weighted by Crippen LogP contribution is 2.30. The Morgan fingerprint density at radius 1 is 1.21 bits per heavy atom. The molecule has 1 fully saturated rings. The smallest absolute Gasteiger partial charge is 0.165 e. The number of rotatable bonds is 5. The Balaban J connectivity index is 2.02. The van der Waals surface area contributed by atoms with E-state index in [-0.39, 0.29) is 12.1 Å². The van der Waals surface area contributed by atoms with Crippen LogP contribution in [0.5, 0.6) is 11.5 Å². The Bertz CT molecular complexity index is 408. The van der Waals surface area contributed by atoms with Gasteiger partial charge in [-0.25, -0.2) is 0 Å². The molecule has 2 rings (SSSR count). The quantitative estimate of drug-likeness (QED) is 0.856. The molecule has 0 saturated heterocycles. The number of nitrogens with one attached hydrogen (secondary N) is 1. The first-order valence-electron chi connectivity index (χ1n) is 6.87. The minimum Gasteiger partial charge on any atom is -0.493 e. The molecule has 4 heteroatoms. The molecule has 0 unspecified atom stereocenters. The van der Waals surface area contributed by atoms with E-state index in [1.807, 2.05) is 18.2 Å². The summed E-state index contributed by atoms with van der Waals surface area (Å²) in [6.07, 6.45) is 4.01. The van der Waals surface area contributed by atoms with E-state index in [1.54, 1.807) is 14.2 Å². The number of hydrogen-bond acceptors (Lipinski definition) is 4. The number of benzene rings is 1. The summed E-state index contributed by atoms with van der Waals surface area (Å²) in [6, 6.07) is 6.04. The molecule has 0 amide bonds. The van der Waals surface area contributed by atoms with Crippen LogP contribution in [0.2, 0.25) is 0 Å². The predicted molar refractivity (Wildman–Crippen MR) is 74.6 cm³/mol. The average Bonchev–Trinajstić information content (AvgIpc) is 2.45. The first-order chi connectivity index (χ1) is 9.26. The molecule has 19 heavy (non-hydrogen) atoms. The summed E-state index contributed by atoms with van der Waals surface area (Å²) in [5, 5.41) is 13.4. The highest BCUT2D eigenvalue weighted by atomic mass is 16.5. The SMILES string of the molecule is COc1cccc(CN[C@@H]2CCCC[C@H]2O)c1OC. The van der Waals surface area contributed by atoms with E-state index in [0.29, 0.717) is 6.54 Å². The van der Waals surface area contributed by atoms with Gasteiger partial charge >= 0.3 is 0 Å². The zero-order chi connectivity index (χ0) is 13.7. The zero-order valence-corrected chi connectivity index (χ0v) is 11.7. The van der Waals surface area contributed by atoms with E-state index < -0.39 is 0 Å². The average molecular weight is 265 g/mol. The molecule has 1 aromatic carbocycles. The molecule has 1 aliphatic rings. The maximum absolute atomic E-state index is 9.96. The van der Waals surface area contributed by atoms with E-state index in [2.05, 4.69) is 5.32 Å². The molecule has 0 heterocycles. The van der Waals surface area contributed by atoms with Crippen molar-refractivity contribution in [1.82, 2.24) is 5.32 Å². The van der Waals surface area contributed by atoms with Crippen molar-refractivity contribution in [3.8, 4) is 11.5 Å². The van der Waals surface area contributed by atoms with Crippen molar-refractivity contribution < 1.29 is 14.6 Å². The topological polar surface area (TPSA) is 50.7 Å². The number of aliphatic hydroxyl groups excluding tert-OH is 1. The molecule has 0 radical (unpaired) electrons. The fourth-order valence-corrected chi connectivity index (χ4v) is 2.68. The standard InChI is InChI=1S/C15H23NO3/c1-18-14-9-5-6-11(15(14)19-2)10-16-12-7-3-4-8-13(12)17/h5-6,9,12-13,16-17H,3-4,7-8,10H2,1-2H3/t12-,13-/m1/s1. The van der Waals surface area contributed by atoms with Gasteiger partial charge in [0.25, 0.3) is 0 Å². The lowest BCUT2D eigenvalue weighted by Crippen LogP contribution is -2.41. The number of methoxy groups -OCH3 is 2. The Morgan fingerprint density at radius 3 is 2.68 bits per heavy atom. The van der Waals surface area contributed by atoms with Gasteiger partial charge in [-0.05, 0) is 18.9 Å². The van der Waals surface area contributed by atoms with Crippen molar-refractivity contribution in [1.29, 1.82) is 0 Å². The van der Waals surface area contributed by atoms with Gasteiger partial charge in [0.05, 0.1) is 20.3 Å². The van der Waals surface area contributed by atoms with Crippen molar-refractivity contribution in [3.63, 3.8) is 0 Å². The van der Waals surface area contributed by atoms with Gasteiger partial charge < -0.3 is 19.9 Å². The Morgan fingerprint density at radius 2 is 2.00 bits per heavy atom. The molecule has 0 spiro atoms. The van der Waals surface area contributed by atoms with E-state index in [9.17, 15) is 5.11 Å². The fraction of sp³-hybridized carbons (Fsp3) is 0.600. The van der Waals surface area contributed by atoms with Crippen LogP contribution in [0.4, 0.5) is 0 Å². The van der Waals surface area contributed by atoms with E-state index in [1.165, 1.54) is 6.42 Å². The number of ether oxygens (including phenoxy) is 2. The molecule has 2 atom stereocenters. The molecule has 0 aliphatic heterocycles. The summed E-state index contributed by atoms with van der Waals surface area (Å²) in [4.78, 5) is 0. The number of para-hydroxylation sites is 1. The van der Waals surface area contributed by atoms with Gasteiger partial charge in [-0.15, -0.1) is 0 Å². The summed E-state index contributed by atoms with van der Waals surface area (Å²) in [7, 11) is 3.29. The summed E-state index contributed by atoms with van der Waals surface area (Å²) in [5.41, 5.74) is 1.06. The van der Waals surface area contributed by atoms with Crippen LogP contribution in [0.3, 0.4) is 0 Å². The van der Waals surface area contributed by atoms with Crippen LogP contribution < -0.4 is 14.8 Å². The van der Waals surface area contributed by atoms with Crippen LogP contribution in [0.15, 0.2) is 18.2 Å². The Kier molecular flexibility index (Phi) is 5.05. The third kappa shape index (κ3) is 3.39. The molecule has 1 aliphatic carbocycles. The van der Waals surface area contributed by atoms with Gasteiger partial charge in [0.15, 0.2) is 11.5 Å². The lowest BCUT2D eigenvalue weighted by molar-refractivity contribution is 0.0901. The molecule has 1 saturated carbocycles. The molecule has 0 bridgehead atoms. The second-order valence-electron chi connectivity index (χ2n) is 4.99. The number of hydrogen-bond donors (Lipinski definition) is 2. The van der Waals surface area contributed by atoms with Crippen molar-refractivity contribution in [2.45, 2.75) is 44.4 Å². The molecule has 0 aromatic heterocycles. The molecule has 106 valence electrons. The Labute approximate surface area is 114 Å². The van der Waals surface area contributed by atoms with Crippen molar-refractivity contribution >= 4 is 0 Å². The van der Waals surface area contributed by atoms with Gasteiger partial charge in [-0.2, -0.15) is 0 Å². The van der Waals surface area contributed by atoms with Crippen molar-refractivity contribution in [2.75, 3.05) is 14.2 Å². The maximum atomic E-state index is 9.96. The van der Waals surface area contributed by atoms with Crippen LogP contribution in [-0.4, -0.2) is 31.5 Å². The van der Waals surface area contributed by atoms with Gasteiger partial charge in [0, 0.05) is 18.2 Å². The highest BCUT2D eigenvalue weighted by Gasteiger charge is 2.22. The first kappa shape index (κ1) is 14.2. The molecule has 1 aromatic rings. The molecule has 2 N–H and O–H groups in total. The second-order valence-corrected chi connectivity index (χ2v) is 4.99. The van der Waals surface area contributed by atoms with Crippen LogP contribution in [0, 0.1) is 0 Å². The minimum atomic E-state index is -0.231. The summed E-state index contributed by atoms with van der Waals surface area (Å²) in [6.45, 7) is 0.683. The maximum Gasteiger partial charge on any atom is 0.165 e. The second kappa shape index (κ2) is 6.78. The summed E-state index contributed by atoms with van der Waals surface area (Å²) >= 11 is 0. The van der Waals surface area contributed by atoms with E-state index >= 15 is 0 Å². The molecular weight excluding hydrogens is 242 g/mol. The van der Waals surface area contributed by atoms with Gasteiger partial charge in [0.1, 0.15) is 0 Å². The first-order valence-corrected chi connectivity index (χ1v) is 6.87. The molecule has 4 nitrogen and oxygen atoms in total. The van der Waals surface area contributed by atoms with Crippen LogP contribution in [0.25, 0.3) is 0 Å². The third-order valence-corrected chi connectivity index (χ3v) is 3.77. The third-order valence-electron chi connectivity index (χ3n) is 3.77. The van der Waals surface area contributed by atoms with Gasteiger partial charge in [-0.1, -0.05) is 25.0 Å². The minimum absolute atomic E-state index is 0.185. The van der Waals surface area contributed by atoms with Gasteiger partial charge in [-0.3, -0.25) is 0 Å². The molecular formula is C15H23NO3. The zero-order valence-electron chi connectivity index (χ0n) is 11.7. The van der Waals surface area contributed by atoms with E-state index in [4.69, 9.17) is 9.47 Å². The van der Waals surface area contributed by atoms with Crippen molar-refractivity contribution in [2.24, 2.45) is 0 Å². The lowest BCUT2D eigenvalue weighted by atomic mass is 9.92. The summed E-state index contributed by atoms with van der Waals surface area (Å²) < 4.78 is 10.7. The normalized spacial score (nSPS) is 23.1. The fourth-order valence-electron chi connectivity index (χ4n) is 2.68. The van der Waals surface area contributed by atoms with Crippen LogP contribution in [0.1, 0.15) is 31.2 Å². The van der Waals surface area contributed by atoms with Crippen LogP contribution >= 0.6 is 0 Å². The summed E-state index contributed by atoms with van der Waals surface area (Å²) in [5.74, 6) is 1.51. The Hall–Kier alpha value is -1.26. The van der Waals surface area contributed by atoms with Crippen molar-refractivity contribution in [3.05, 3.63) is 23.8 Å². The van der Waals surface area contributed by atoms with Crippen LogP contribution in [-0.2, 0) is 6.54 Å². The number of aliphatic hydroxyl groups is 1. The largest absolute Gasteiger partial charge is 0.493 e. The van der Waals surface area contributed by atoms with Gasteiger partial charge in [0.2, 0.25) is 0 Å². The highest BCUT2D eigenvalue weighted by molar-refractivity contribution is 5.46. The van der Waals surface area contributed by atoms with E-state index in [0.717, 1.165) is 36.3 Å². The predicted octanol–water partition coefficient (Wildman–Crippen LogP) is 2.10. The lowest BCUT2D eigenvalue weighted by Gasteiger charge is -2.28. The monoisotopic (exact) mass is 265 g/mol.